The second-order valence-electron chi connectivity index (χ2n) is 7.99. The molecular formula is C22H25Br2NO2S2Si. The van der Waals surface area contributed by atoms with Gasteiger partial charge in [0.15, 0.2) is 0 Å². The van der Waals surface area contributed by atoms with Crippen LogP contribution in [-0.4, -0.2) is 20.7 Å². The van der Waals surface area contributed by atoms with Crippen LogP contribution in [0.4, 0.5) is 0 Å². The fourth-order valence-corrected chi connectivity index (χ4v) is 14.4. The van der Waals surface area contributed by atoms with Crippen molar-refractivity contribution in [2.45, 2.75) is 58.5 Å². The summed E-state index contributed by atoms with van der Waals surface area (Å²) in [7, 11) is -1.79. The molecule has 8 heteroatoms. The highest BCUT2D eigenvalue weighted by atomic mass is 79.9. The van der Waals surface area contributed by atoms with Gasteiger partial charge in [0.2, 0.25) is 0 Å². The Bertz CT molecular complexity index is 1020. The minimum Gasteiger partial charge on any atom is -0.462 e. The van der Waals surface area contributed by atoms with E-state index in [1.54, 1.807) is 28.7 Å². The molecule has 0 saturated heterocycles. The number of thiophene rings is 2. The lowest BCUT2D eigenvalue weighted by Crippen LogP contribution is -2.48. The van der Waals surface area contributed by atoms with E-state index in [-0.39, 0.29) is 5.57 Å². The molecule has 2 aromatic rings. The van der Waals surface area contributed by atoms with Gasteiger partial charge in [0.1, 0.15) is 19.7 Å². The number of carbonyl (C=O) groups excluding carboxylic acids is 1. The highest BCUT2D eigenvalue weighted by molar-refractivity contribution is 9.12. The second kappa shape index (κ2) is 10.3. The Kier molecular flexibility index (Phi) is 8.19. The minimum absolute atomic E-state index is 0.0752. The van der Waals surface area contributed by atoms with Gasteiger partial charge in [-0.25, -0.2) is 4.79 Å². The number of nitrogens with zero attached hydrogens (tertiary/aromatic N) is 1. The van der Waals surface area contributed by atoms with Crippen LogP contribution in [0.1, 0.15) is 50.3 Å². The molecule has 1 aliphatic rings. The van der Waals surface area contributed by atoms with E-state index in [1.807, 2.05) is 6.07 Å². The third kappa shape index (κ3) is 4.86. The van der Waals surface area contributed by atoms with E-state index in [1.165, 1.54) is 50.3 Å². The molecule has 0 saturated carbocycles. The lowest BCUT2D eigenvalue weighted by Gasteiger charge is -2.16. The third-order valence-corrected chi connectivity index (χ3v) is 14.4. The summed E-state index contributed by atoms with van der Waals surface area (Å²) in [6, 6.07) is 4.14. The minimum atomic E-state index is -1.79. The van der Waals surface area contributed by atoms with Crippen LogP contribution >= 0.6 is 54.5 Å². The SMILES string of the molecule is CCCCCCCCOC(=O)/C(C#N)=C/c1cc2c(s1)[Si](C)(C)c1c(Br)sc(Br)c1-2. The predicted molar refractivity (Wildman–Crippen MR) is 138 cm³/mol. The summed E-state index contributed by atoms with van der Waals surface area (Å²) < 4.78 is 9.08. The molecule has 160 valence electrons. The number of esters is 1. The van der Waals surface area contributed by atoms with Gasteiger partial charge in [-0.2, -0.15) is 5.26 Å². The summed E-state index contributed by atoms with van der Waals surface area (Å²) in [5.41, 5.74) is 2.59. The standard InChI is InChI=1S/C22H25Br2NO2S2Si/c1-4-5-6-7-8-9-10-27-21(26)14(13-25)11-15-12-16-17-18(20(24)29-19(17)23)30(2,3)22(16)28-15/h11-12H,4-10H2,1-3H3/b14-11+. The van der Waals surface area contributed by atoms with Gasteiger partial charge in [0.05, 0.1) is 14.2 Å². The van der Waals surface area contributed by atoms with Gasteiger partial charge in [0.25, 0.3) is 0 Å². The smallest absolute Gasteiger partial charge is 0.348 e. The zero-order valence-corrected chi connectivity index (χ0v) is 23.2. The summed E-state index contributed by atoms with van der Waals surface area (Å²) in [6.07, 6.45) is 8.48. The largest absolute Gasteiger partial charge is 0.462 e. The molecule has 0 unspecified atom stereocenters. The number of hydrogen-bond acceptors (Lipinski definition) is 5. The van der Waals surface area contributed by atoms with Crippen LogP contribution in [0.2, 0.25) is 13.1 Å². The quantitative estimate of drug-likeness (QED) is 0.105. The van der Waals surface area contributed by atoms with Crippen molar-refractivity contribution in [3.8, 4) is 17.2 Å². The Morgan fingerprint density at radius 1 is 1.17 bits per heavy atom. The molecule has 2 aromatic heterocycles. The molecule has 0 spiro atoms. The zero-order chi connectivity index (χ0) is 21.9. The molecule has 3 rings (SSSR count). The van der Waals surface area contributed by atoms with Crippen molar-refractivity contribution in [3.05, 3.63) is 24.1 Å². The zero-order valence-electron chi connectivity index (χ0n) is 17.4. The summed E-state index contributed by atoms with van der Waals surface area (Å²) in [6.45, 7) is 7.28. The molecule has 3 nitrogen and oxygen atoms in total. The maximum atomic E-state index is 12.4. The Labute approximate surface area is 204 Å². The van der Waals surface area contributed by atoms with E-state index in [0.29, 0.717) is 6.61 Å². The Hall–Kier alpha value is -0.723. The van der Waals surface area contributed by atoms with Crippen molar-refractivity contribution in [2.75, 3.05) is 6.61 Å². The van der Waals surface area contributed by atoms with Crippen molar-refractivity contribution in [2.24, 2.45) is 0 Å². The third-order valence-electron chi connectivity index (χ3n) is 5.39. The molecule has 0 aliphatic carbocycles. The van der Waals surface area contributed by atoms with E-state index in [0.717, 1.165) is 21.5 Å². The fourth-order valence-electron chi connectivity index (χ4n) is 3.82. The fraction of sp³-hybridized carbons (Fsp3) is 0.455. The number of rotatable bonds is 9. The van der Waals surface area contributed by atoms with Gasteiger partial charge >= 0.3 is 5.97 Å². The molecular weight excluding hydrogens is 562 g/mol. The Morgan fingerprint density at radius 3 is 2.57 bits per heavy atom. The number of unbranched alkanes of at least 4 members (excludes halogenated alkanes) is 5. The van der Waals surface area contributed by atoms with Crippen molar-refractivity contribution in [1.29, 1.82) is 5.26 Å². The highest BCUT2D eigenvalue weighted by Gasteiger charge is 2.43. The van der Waals surface area contributed by atoms with Crippen LogP contribution in [0.25, 0.3) is 17.2 Å². The average Bonchev–Trinajstić information content (AvgIpc) is 3.31. The monoisotopic (exact) mass is 585 g/mol. The maximum absolute atomic E-state index is 12.4. The Morgan fingerprint density at radius 2 is 1.87 bits per heavy atom. The lowest BCUT2D eigenvalue weighted by atomic mass is 10.1. The van der Waals surface area contributed by atoms with Crippen molar-refractivity contribution >= 4 is 84.3 Å². The van der Waals surface area contributed by atoms with Gasteiger partial charge < -0.3 is 4.74 Å². The molecule has 0 fully saturated rings. The molecule has 0 N–H and O–H groups in total. The van der Waals surface area contributed by atoms with Crippen LogP contribution in [0.5, 0.6) is 0 Å². The first-order valence-corrected chi connectivity index (χ1v) is 16.4. The number of hydrogen-bond donors (Lipinski definition) is 0. The van der Waals surface area contributed by atoms with Crippen molar-refractivity contribution < 1.29 is 9.53 Å². The highest BCUT2D eigenvalue weighted by Crippen LogP contribution is 2.44. The van der Waals surface area contributed by atoms with E-state index in [2.05, 4.69) is 57.9 Å². The van der Waals surface area contributed by atoms with E-state index >= 15 is 0 Å². The molecule has 0 bridgehead atoms. The van der Waals surface area contributed by atoms with Crippen LogP contribution in [0.3, 0.4) is 0 Å². The summed E-state index contributed by atoms with van der Waals surface area (Å²) in [4.78, 5) is 13.3. The first-order valence-electron chi connectivity index (χ1n) is 10.2. The molecule has 0 radical (unpaired) electrons. The normalized spacial score (nSPS) is 14.3. The van der Waals surface area contributed by atoms with Crippen LogP contribution in [0, 0.1) is 11.3 Å². The predicted octanol–water partition coefficient (Wildman–Crippen LogP) is 6.95. The topological polar surface area (TPSA) is 50.1 Å². The molecule has 0 atom stereocenters. The van der Waals surface area contributed by atoms with Crippen LogP contribution in [0.15, 0.2) is 19.2 Å². The van der Waals surface area contributed by atoms with Gasteiger partial charge in [-0.1, -0.05) is 52.1 Å². The van der Waals surface area contributed by atoms with E-state index < -0.39 is 14.0 Å². The summed E-state index contributed by atoms with van der Waals surface area (Å²) in [5, 5.41) is 10.9. The number of halogens is 2. The summed E-state index contributed by atoms with van der Waals surface area (Å²) >= 11 is 10.9. The first kappa shape index (κ1) is 23.9. The van der Waals surface area contributed by atoms with Crippen LogP contribution in [-0.2, 0) is 9.53 Å². The number of carbonyl (C=O) groups is 1. The average molecular weight is 587 g/mol. The number of fused-ring (bicyclic) bond motifs is 3. The summed E-state index contributed by atoms with van der Waals surface area (Å²) in [5.74, 6) is -0.517. The van der Waals surface area contributed by atoms with E-state index in [4.69, 9.17) is 4.74 Å². The molecule has 0 amide bonds. The van der Waals surface area contributed by atoms with Gasteiger partial charge in [-0.3, -0.25) is 0 Å². The van der Waals surface area contributed by atoms with Crippen LogP contribution < -0.4 is 9.69 Å². The van der Waals surface area contributed by atoms with E-state index in [9.17, 15) is 10.1 Å². The number of nitriles is 1. The van der Waals surface area contributed by atoms with Gasteiger partial charge in [-0.15, -0.1) is 22.7 Å². The maximum Gasteiger partial charge on any atom is 0.348 e. The Balaban J connectivity index is 1.70. The lowest BCUT2D eigenvalue weighted by molar-refractivity contribution is -0.138. The van der Waals surface area contributed by atoms with Gasteiger partial charge in [0, 0.05) is 14.9 Å². The van der Waals surface area contributed by atoms with Gasteiger partial charge in [-0.05, 0) is 61.2 Å². The molecule has 1 aliphatic heterocycles. The number of ether oxygens (including phenoxy) is 1. The second-order valence-corrected chi connectivity index (χ2v) is 17.3. The first-order chi connectivity index (χ1) is 14.3. The molecule has 0 aromatic carbocycles. The van der Waals surface area contributed by atoms with Crippen molar-refractivity contribution in [3.63, 3.8) is 0 Å². The van der Waals surface area contributed by atoms with Crippen molar-refractivity contribution in [1.82, 2.24) is 0 Å². The molecule has 30 heavy (non-hydrogen) atoms. The molecule has 3 heterocycles.